The second-order valence-corrected chi connectivity index (χ2v) is 9.37. The van der Waals surface area contributed by atoms with Crippen molar-refractivity contribution in [3.63, 3.8) is 0 Å². The summed E-state index contributed by atoms with van der Waals surface area (Å²) >= 11 is 0. The van der Waals surface area contributed by atoms with Gasteiger partial charge in [-0.25, -0.2) is 8.78 Å². The number of allylic oxidation sites excluding steroid dienone is 1. The van der Waals surface area contributed by atoms with Crippen LogP contribution in [0.2, 0.25) is 0 Å². The summed E-state index contributed by atoms with van der Waals surface area (Å²) in [7, 11) is 0. The largest absolute Gasteiger partial charge is 0.431 e. The summed E-state index contributed by atoms with van der Waals surface area (Å²) in [6.45, 7) is 1.21. The van der Waals surface area contributed by atoms with E-state index in [9.17, 15) is 30.7 Å². The minimum Gasteiger partial charge on any atom is -0.431 e. The SMILES string of the molecule is CCCC1CCC(C2CCC(OCC(F)(F)Oc3cc(F)c(/C=C/C(F)(F)F)c(F)c3)CO2)CC1. The molecule has 2 fully saturated rings. The lowest BCUT2D eigenvalue weighted by molar-refractivity contribution is -0.230. The fourth-order valence-corrected chi connectivity index (χ4v) is 4.88. The molecule has 0 amide bonds. The second-order valence-electron chi connectivity index (χ2n) is 9.37. The Morgan fingerprint density at radius 2 is 1.63 bits per heavy atom. The predicted molar refractivity (Wildman–Crippen MR) is 116 cm³/mol. The van der Waals surface area contributed by atoms with Gasteiger partial charge in [0.2, 0.25) is 0 Å². The third kappa shape index (κ3) is 8.66. The Kier molecular flexibility index (Phi) is 9.48. The first kappa shape index (κ1) is 27.8. The van der Waals surface area contributed by atoms with Gasteiger partial charge in [0.25, 0.3) is 0 Å². The summed E-state index contributed by atoms with van der Waals surface area (Å²) in [5, 5.41) is 0. The van der Waals surface area contributed by atoms with Crippen molar-refractivity contribution in [3.05, 3.63) is 35.4 Å². The maximum atomic E-state index is 14.2. The lowest BCUT2D eigenvalue weighted by atomic mass is 9.76. The van der Waals surface area contributed by atoms with E-state index in [0.29, 0.717) is 30.9 Å². The minimum absolute atomic E-state index is 0.102. The van der Waals surface area contributed by atoms with Gasteiger partial charge in [-0.15, -0.1) is 0 Å². The van der Waals surface area contributed by atoms with Gasteiger partial charge >= 0.3 is 12.3 Å². The summed E-state index contributed by atoms with van der Waals surface area (Å²) in [5.74, 6) is -2.53. The van der Waals surface area contributed by atoms with Crippen LogP contribution in [-0.4, -0.2) is 37.7 Å². The van der Waals surface area contributed by atoms with E-state index in [1.165, 1.54) is 25.7 Å². The Morgan fingerprint density at radius 3 is 2.17 bits per heavy atom. The molecule has 0 aromatic heterocycles. The molecule has 0 spiro atoms. The van der Waals surface area contributed by atoms with Crippen molar-refractivity contribution in [2.75, 3.05) is 13.2 Å². The lowest BCUT2D eigenvalue weighted by Gasteiger charge is -2.38. The van der Waals surface area contributed by atoms with E-state index in [2.05, 4.69) is 11.7 Å². The average molecular weight is 513 g/mol. The van der Waals surface area contributed by atoms with Gasteiger partial charge in [0.15, 0.2) is 6.61 Å². The molecule has 0 bridgehead atoms. The molecular weight excluding hydrogens is 481 g/mol. The molecule has 1 saturated carbocycles. The molecule has 0 radical (unpaired) electrons. The zero-order valence-electron chi connectivity index (χ0n) is 19.6. The van der Waals surface area contributed by atoms with Crippen LogP contribution in [0, 0.1) is 23.5 Å². The Morgan fingerprint density at radius 1 is 0.971 bits per heavy atom. The zero-order chi connectivity index (χ0) is 25.6. The monoisotopic (exact) mass is 512 g/mol. The van der Waals surface area contributed by atoms with Crippen LogP contribution in [0.4, 0.5) is 30.7 Å². The van der Waals surface area contributed by atoms with Crippen LogP contribution in [0.25, 0.3) is 6.08 Å². The maximum absolute atomic E-state index is 14.2. The van der Waals surface area contributed by atoms with Crippen LogP contribution < -0.4 is 4.74 Å². The zero-order valence-corrected chi connectivity index (χ0v) is 19.6. The molecule has 1 aromatic rings. The molecule has 1 aromatic carbocycles. The van der Waals surface area contributed by atoms with Crippen LogP contribution in [0.1, 0.15) is 63.9 Å². The first-order valence-electron chi connectivity index (χ1n) is 12.0. The highest BCUT2D eigenvalue weighted by Gasteiger charge is 2.36. The van der Waals surface area contributed by atoms with E-state index in [1.54, 1.807) is 0 Å². The smallest absolute Gasteiger partial charge is 0.421 e. The molecule has 0 N–H and O–H groups in total. The number of benzene rings is 1. The van der Waals surface area contributed by atoms with Crippen molar-refractivity contribution in [2.24, 2.45) is 11.8 Å². The van der Waals surface area contributed by atoms with Gasteiger partial charge in [-0.1, -0.05) is 32.6 Å². The van der Waals surface area contributed by atoms with Crippen molar-refractivity contribution < 1.29 is 44.9 Å². The highest BCUT2D eigenvalue weighted by Crippen LogP contribution is 2.37. The Hall–Kier alpha value is -1.81. The molecule has 2 aliphatic rings. The van der Waals surface area contributed by atoms with Crippen LogP contribution in [0.5, 0.6) is 5.75 Å². The predicted octanol–water partition coefficient (Wildman–Crippen LogP) is 7.68. The molecule has 1 aliphatic carbocycles. The molecule has 3 nitrogen and oxygen atoms in total. The second kappa shape index (κ2) is 12.0. The van der Waals surface area contributed by atoms with Crippen molar-refractivity contribution in [3.8, 4) is 5.75 Å². The highest BCUT2D eigenvalue weighted by molar-refractivity contribution is 5.53. The number of ether oxygens (including phenoxy) is 3. The third-order valence-corrected chi connectivity index (χ3v) is 6.63. The van der Waals surface area contributed by atoms with E-state index >= 15 is 0 Å². The molecule has 198 valence electrons. The molecule has 1 saturated heterocycles. The molecule has 1 heterocycles. The topological polar surface area (TPSA) is 27.7 Å². The lowest BCUT2D eigenvalue weighted by Crippen LogP contribution is -2.40. The Labute approximate surface area is 200 Å². The van der Waals surface area contributed by atoms with Crippen molar-refractivity contribution in [2.45, 2.75) is 82.8 Å². The van der Waals surface area contributed by atoms with Gasteiger partial charge in [-0.2, -0.15) is 22.0 Å². The Bertz CT molecular complexity index is 817. The molecule has 1 aliphatic heterocycles. The van der Waals surface area contributed by atoms with E-state index in [4.69, 9.17) is 9.47 Å². The van der Waals surface area contributed by atoms with Crippen molar-refractivity contribution in [1.82, 2.24) is 0 Å². The van der Waals surface area contributed by atoms with Crippen molar-refractivity contribution >= 4 is 6.08 Å². The van der Waals surface area contributed by atoms with E-state index in [1.807, 2.05) is 0 Å². The number of rotatable bonds is 9. The van der Waals surface area contributed by atoms with Gasteiger partial charge in [0, 0.05) is 23.8 Å². The summed E-state index contributed by atoms with van der Waals surface area (Å²) in [4.78, 5) is 0. The van der Waals surface area contributed by atoms with E-state index < -0.39 is 47.9 Å². The van der Waals surface area contributed by atoms with Gasteiger partial charge < -0.3 is 14.2 Å². The summed E-state index contributed by atoms with van der Waals surface area (Å²) in [6.07, 6.45) is -0.977. The van der Waals surface area contributed by atoms with Gasteiger partial charge in [-0.3, -0.25) is 0 Å². The number of halogens is 7. The van der Waals surface area contributed by atoms with Crippen LogP contribution >= 0.6 is 0 Å². The van der Waals surface area contributed by atoms with Crippen LogP contribution in [0.15, 0.2) is 18.2 Å². The van der Waals surface area contributed by atoms with Gasteiger partial charge in [0.05, 0.1) is 18.8 Å². The molecule has 35 heavy (non-hydrogen) atoms. The number of alkyl halides is 5. The summed E-state index contributed by atoms with van der Waals surface area (Å²) in [5.41, 5.74) is -1.01. The maximum Gasteiger partial charge on any atom is 0.421 e. The highest BCUT2D eigenvalue weighted by atomic mass is 19.4. The van der Waals surface area contributed by atoms with Crippen LogP contribution in [0.3, 0.4) is 0 Å². The molecular formula is C25H31F7O3. The normalized spacial score (nSPS) is 26.3. The molecule has 3 rings (SSSR count). The first-order valence-corrected chi connectivity index (χ1v) is 12.0. The Balaban J connectivity index is 1.45. The molecule has 10 heteroatoms. The first-order chi connectivity index (χ1) is 16.5. The third-order valence-electron chi connectivity index (χ3n) is 6.63. The standard InChI is InChI=1S/C25H31F7O3/c1-2-3-16-4-6-17(7-5-16)23-9-8-18(14-33-23)34-15-25(31,32)35-19-12-21(26)20(22(27)13-19)10-11-24(28,29)30/h10-13,16-18,23H,2-9,14-15H2,1H3/b11-10+. The molecule has 2 unspecified atom stereocenters. The molecule has 2 atom stereocenters. The van der Waals surface area contributed by atoms with E-state index in [-0.39, 0.29) is 24.9 Å². The van der Waals surface area contributed by atoms with E-state index in [0.717, 1.165) is 18.8 Å². The number of hydrogen-bond acceptors (Lipinski definition) is 3. The van der Waals surface area contributed by atoms with Crippen LogP contribution in [-0.2, 0) is 9.47 Å². The van der Waals surface area contributed by atoms with Crippen molar-refractivity contribution in [1.29, 1.82) is 0 Å². The summed E-state index contributed by atoms with van der Waals surface area (Å²) < 4.78 is 109. The average Bonchev–Trinajstić information content (AvgIpc) is 2.77. The fourth-order valence-electron chi connectivity index (χ4n) is 4.88. The van der Waals surface area contributed by atoms with Gasteiger partial charge in [-0.05, 0) is 43.6 Å². The fraction of sp³-hybridized carbons (Fsp3) is 0.680. The summed E-state index contributed by atoms with van der Waals surface area (Å²) in [6, 6.07) is 0.799. The quantitative estimate of drug-likeness (QED) is 0.318. The minimum atomic E-state index is -4.78. The van der Waals surface area contributed by atoms with Gasteiger partial charge in [0.1, 0.15) is 17.4 Å². The number of hydrogen-bond donors (Lipinski definition) is 0.